The third-order valence-electron chi connectivity index (χ3n) is 5.06. The van der Waals surface area contributed by atoms with Gasteiger partial charge in [0.05, 0.1) is 11.4 Å². The zero-order valence-electron chi connectivity index (χ0n) is 17.7. The fraction of sp³-hybridized carbons (Fsp3) is 0.381. The number of nitrogens with one attached hydrogen (secondary N) is 1. The van der Waals surface area contributed by atoms with Crippen molar-refractivity contribution in [3.8, 4) is 5.75 Å². The summed E-state index contributed by atoms with van der Waals surface area (Å²) in [7, 11) is 0. The van der Waals surface area contributed by atoms with Gasteiger partial charge in [0, 0.05) is 18.5 Å². The van der Waals surface area contributed by atoms with Gasteiger partial charge in [-0.2, -0.15) is 0 Å². The smallest absolute Gasteiger partial charge is 0.303 e. The summed E-state index contributed by atoms with van der Waals surface area (Å²) >= 11 is 0. The van der Waals surface area contributed by atoms with Crippen LogP contribution < -0.4 is 5.56 Å². The highest BCUT2D eigenvalue weighted by molar-refractivity contribution is 5.66. The third-order valence-corrected chi connectivity index (χ3v) is 5.06. The summed E-state index contributed by atoms with van der Waals surface area (Å²) in [6, 6.07) is 5.19. The Morgan fingerprint density at radius 1 is 1.23 bits per heavy atom. The number of phenols is 1. The number of carboxylic acid groups (broad SMARTS) is 1. The second-order valence-electron chi connectivity index (χ2n) is 7.33. The number of para-hydroxylation sites is 1. The number of aliphatic carboxylic acids is 1. The number of carbonyl (C=O) groups is 1. The van der Waals surface area contributed by atoms with Crippen LogP contribution in [-0.2, 0) is 24.2 Å². The monoisotopic (exact) mass is 427 g/mol. The van der Waals surface area contributed by atoms with E-state index in [0.717, 1.165) is 17.0 Å². The summed E-state index contributed by atoms with van der Waals surface area (Å²) in [5.74, 6) is -0.149. The van der Waals surface area contributed by atoms with Crippen molar-refractivity contribution in [2.45, 2.75) is 53.0 Å². The number of aromatic amines is 1. The molecule has 0 aliphatic rings. The average molecular weight is 427 g/mol. The van der Waals surface area contributed by atoms with Gasteiger partial charge < -0.3 is 14.7 Å². The Labute approximate surface area is 178 Å². The van der Waals surface area contributed by atoms with Gasteiger partial charge in [-0.05, 0) is 51.7 Å². The van der Waals surface area contributed by atoms with Gasteiger partial charge in [-0.1, -0.05) is 17.3 Å². The maximum Gasteiger partial charge on any atom is 0.303 e. The molecule has 10 nitrogen and oxygen atoms in total. The Morgan fingerprint density at radius 3 is 2.68 bits per heavy atom. The van der Waals surface area contributed by atoms with Gasteiger partial charge >= 0.3 is 5.97 Å². The fourth-order valence-electron chi connectivity index (χ4n) is 3.34. The lowest BCUT2D eigenvalue weighted by molar-refractivity contribution is -0.137. The van der Waals surface area contributed by atoms with Gasteiger partial charge in [0.25, 0.3) is 5.56 Å². The summed E-state index contributed by atoms with van der Waals surface area (Å²) in [4.78, 5) is 23.1. The molecule has 3 rings (SSSR count). The highest BCUT2D eigenvalue weighted by Gasteiger charge is 2.14. The lowest BCUT2D eigenvalue weighted by Gasteiger charge is -2.06. The average Bonchev–Trinajstić information content (AvgIpc) is 3.18. The zero-order valence-corrected chi connectivity index (χ0v) is 17.7. The van der Waals surface area contributed by atoms with E-state index in [2.05, 4.69) is 20.5 Å². The van der Waals surface area contributed by atoms with Gasteiger partial charge in [-0.25, -0.2) is 0 Å². The first-order valence-corrected chi connectivity index (χ1v) is 9.93. The molecule has 0 aliphatic carbocycles. The predicted molar refractivity (Wildman–Crippen MR) is 112 cm³/mol. The third kappa shape index (κ3) is 5.08. The summed E-state index contributed by atoms with van der Waals surface area (Å²) in [5, 5.41) is 34.3. The number of aromatic nitrogens is 3. The highest BCUT2D eigenvalue weighted by Crippen LogP contribution is 2.32. The number of rotatable bonds is 9. The summed E-state index contributed by atoms with van der Waals surface area (Å²) in [6.07, 6.45) is 1.51. The lowest BCUT2D eigenvalue weighted by atomic mass is 10.0. The van der Waals surface area contributed by atoms with Crippen LogP contribution in [0.1, 0.15) is 41.1 Å². The van der Waals surface area contributed by atoms with Crippen LogP contribution in [0.4, 0.5) is 11.4 Å². The van der Waals surface area contributed by atoms with Crippen LogP contribution in [0.3, 0.4) is 0 Å². The summed E-state index contributed by atoms with van der Waals surface area (Å²) in [6.45, 7) is 5.66. The second kappa shape index (κ2) is 9.41. The lowest BCUT2D eigenvalue weighted by Crippen LogP contribution is -2.17. The van der Waals surface area contributed by atoms with E-state index < -0.39 is 5.97 Å². The number of nitrogens with zero attached hydrogens (tertiary/aromatic N) is 4. The molecule has 2 aromatic heterocycles. The Hall–Kier alpha value is -3.69. The molecule has 0 aliphatic heterocycles. The molecule has 3 N–H and O–H groups in total. The van der Waals surface area contributed by atoms with E-state index in [1.165, 1.54) is 4.68 Å². The topological polar surface area (TPSA) is 146 Å². The standard InChI is InChI=1S/C21H25N5O5/c1-12-16(14(3)31-25-12)10-9-15-6-4-7-17(20(15)29)22-23-19-13(2)24-26(21(19)30)11-5-8-18(27)28/h4,6-7,24,29H,5,8-11H2,1-3H3,(H,27,28). The van der Waals surface area contributed by atoms with Gasteiger partial charge in [0.2, 0.25) is 0 Å². The summed E-state index contributed by atoms with van der Waals surface area (Å²) < 4.78 is 6.49. The second-order valence-corrected chi connectivity index (χ2v) is 7.33. The van der Waals surface area contributed by atoms with Crippen LogP contribution in [0.2, 0.25) is 0 Å². The van der Waals surface area contributed by atoms with Crippen LogP contribution in [0.25, 0.3) is 0 Å². The maximum atomic E-state index is 12.5. The van der Waals surface area contributed by atoms with Gasteiger partial charge in [-0.15, -0.1) is 10.2 Å². The number of aromatic hydroxyl groups is 1. The number of benzene rings is 1. The Bertz CT molecular complexity index is 1150. The molecular formula is C21H25N5O5. The van der Waals surface area contributed by atoms with E-state index in [1.54, 1.807) is 19.1 Å². The maximum absolute atomic E-state index is 12.5. The largest absolute Gasteiger partial charge is 0.505 e. The summed E-state index contributed by atoms with van der Waals surface area (Å²) in [5.41, 5.74) is 3.05. The Morgan fingerprint density at radius 2 is 2.00 bits per heavy atom. The molecule has 0 amide bonds. The molecule has 0 radical (unpaired) electrons. The molecule has 1 aromatic carbocycles. The van der Waals surface area contributed by atoms with E-state index in [9.17, 15) is 14.7 Å². The molecule has 0 saturated carbocycles. The van der Waals surface area contributed by atoms with Crippen molar-refractivity contribution in [2.24, 2.45) is 10.2 Å². The highest BCUT2D eigenvalue weighted by atomic mass is 16.5. The van der Waals surface area contributed by atoms with Crippen molar-refractivity contribution < 1.29 is 19.5 Å². The fourth-order valence-corrected chi connectivity index (χ4v) is 3.34. The molecule has 2 heterocycles. The van der Waals surface area contributed by atoms with E-state index in [4.69, 9.17) is 9.63 Å². The van der Waals surface area contributed by atoms with Gasteiger partial charge in [0.15, 0.2) is 5.69 Å². The molecular weight excluding hydrogens is 402 g/mol. The number of hydrogen-bond donors (Lipinski definition) is 3. The van der Waals surface area contributed by atoms with E-state index in [-0.39, 0.29) is 35.6 Å². The van der Waals surface area contributed by atoms with Crippen LogP contribution in [0.15, 0.2) is 37.7 Å². The number of aryl methyl sites for hydroxylation is 5. The Balaban J connectivity index is 1.76. The predicted octanol–water partition coefficient (Wildman–Crippen LogP) is 3.86. The molecule has 0 atom stereocenters. The molecule has 0 bridgehead atoms. The van der Waals surface area contributed by atoms with Crippen molar-refractivity contribution in [3.63, 3.8) is 0 Å². The van der Waals surface area contributed by atoms with Crippen molar-refractivity contribution in [2.75, 3.05) is 0 Å². The molecule has 0 unspecified atom stereocenters. The molecule has 31 heavy (non-hydrogen) atoms. The van der Waals surface area contributed by atoms with Crippen molar-refractivity contribution in [3.05, 3.63) is 56.8 Å². The molecule has 10 heteroatoms. The normalized spacial score (nSPS) is 11.5. The first-order chi connectivity index (χ1) is 14.8. The number of hydrogen-bond acceptors (Lipinski definition) is 7. The molecule has 3 aromatic rings. The van der Waals surface area contributed by atoms with E-state index in [0.29, 0.717) is 30.5 Å². The van der Waals surface area contributed by atoms with Crippen LogP contribution in [-0.4, -0.2) is 31.1 Å². The number of phenolic OH excluding ortho intramolecular Hbond substituents is 1. The number of carboxylic acids is 1. The minimum Gasteiger partial charge on any atom is -0.505 e. The molecule has 164 valence electrons. The van der Waals surface area contributed by atoms with Gasteiger partial charge in [-0.3, -0.25) is 19.4 Å². The van der Waals surface area contributed by atoms with Crippen LogP contribution >= 0.6 is 0 Å². The van der Waals surface area contributed by atoms with Crippen molar-refractivity contribution in [1.82, 2.24) is 14.9 Å². The first-order valence-electron chi connectivity index (χ1n) is 9.93. The molecule has 0 fully saturated rings. The Kier molecular flexibility index (Phi) is 6.68. The van der Waals surface area contributed by atoms with Crippen LogP contribution in [0.5, 0.6) is 5.75 Å². The van der Waals surface area contributed by atoms with Gasteiger partial charge in [0.1, 0.15) is 17.2 Å². The first kappa shape index (κ1) is 22.0. The number of azo groups is 1. The number of H-pyrrole nitrogens is 1. The van der Waals surface area contributed by atoms with E-state index in [1.807, 2.05) is 19.9 Å². The minimum atomic E-state index is -0.916. The zero-order chi connectivity index (χ0) is 22.5. The minimum absolute atomic E-state index is 0.00739. The molecule has 0 saturated heterocycles. The van der Waals surface area contributed by atoms with E-state index >= 15 is 0 Å². The molecule has 0 spiro atoms. The quantitative estimate of drug-likeness (QED) is 0.442. The van der Waals surface area contributed by atoms with Crippen molar-refractivity contribution >= 4 is 17.3 Å². The SMILES string of the molecule is Cc1noc(C)c1CCc1cccc(N=Nc2c(C)[nH]n(CCCC(=O)O)c2=O)c1O. The van der Waals surface area contributed by atoms with Crippen LogP contribution in [0, 0.1) is 20.8 Å². The van der Waals surface area contributed by atoms with Crippen molar-refractivity contribution in [1.29, 1.82) is 0 Å².